The van der Waals surface area contributed by atoms with E-state index in [1.54, 1.807) is 25.4 Å². The number of aliphatic imine (C=N–C) groups is 1. The number of pyridine rings is 1. The molecule has 1 aliphatic heterocycles. The van der Waals surface area contributed by atoms with Crippen LogP contribution >= 0.6 is 0 Å². The van der Waals surface area contributed by atoms with Gasteiger partial charge in [0.1, 0.15) is 11.6 Å². The third-order valence-electron chi connectivity index (χ3n) is 5.21. The average Bonchev–Trinajstić information content (AvgIpc) is 3.08. The Labute approximate surface area is 172 Å². The minimum Gasteiger partial charge on any atom is -0.439 e. The fourth-order valence-corrected chi connectivity index (χ4v) is 3.41. The summed E-state index contributed by atoms with van der Waals surface area (Å²) < 4.78 is 18.7. The van der Waals surface area contributed by atoms with Crippen molar-refractivity contribution < 1.29 is 9.13 Å². The Bertz CT molecular complexity index is 824. The van der Waals surface area contributed by atoms with Crippen LogP contribution in [-0.4, -0.2) is 48.1 Å². The minimum atomic E-state index is -0.296. The van der Waals surface area contributed by atoms with Crippen molar-refractivity contribution in [2.45, 2.75) is 39.4 Å². The molecule has 3 rings (SSSR count). The lowest BCUT2D eigenvalue weighted by atomic mass is 10.1. The van der Waals surface area contributed by atoms with Gasteiger partial charge in [-0.15, -0.1) is 0 Å². The zero-order valence-corrected chi connectivity index (χ0v) is 17.5. The lowest BCUT2D eigenvalue weighted by Gasteiger charge is -2.22. The summed E-state index contributed by atoms with van der Waals surface area (Å²) in [4.78, 5) is 11.1. The summed E-state index contributed by atoms with van der Waals surface area (Å²) in [5.74, 6) is 2.07. The zero-order chi connectivity index (χ0) is 20.8. The number of likely N-dealkylation sites (tertiary alicyclic amines) is 1. The van der Waals surface area contributed by atoms with Crippen LogP contribution in [0.15, 0.2) is 47.6 Å². The predicted octanol–water partition coefficient (Wildman–Crippen LogP) is 3.41. The normalized spacial score (nSPS) is 20.1. The van der Waals surface area contributed by atoms with E-state index in [0.29, 0.717) is 36.2 Å². The summed E-state index contributed by atoms with van der Waals surface area (Å²) in [5, 5.41) is 6.91. The quantitative estimate of drug-likeness (QED) is 0.576. The number of hydrogen-bond donors (Lipinski definition) is 2. The molecule has 0 aliphatic carbocycles. The monoisotopic (exact) mass is 399 g/mol. The first-order chi connectivity index (χ1) is 13.9. The second kappa shape index (κ2) is 9.69. The Hall–Kier alpha value is -2.67. The molecule has 0 radical (unpaired) electrons. The molecule has 2 unspecified atom stereocenters. The molecule has 2 heterocycles. The second-order valence-corrected chi connectivity index (χ2v) is 7.76. The van der Waals surface area contributed by atoms with E-state index in [1.807, 2.05) is 12.1 Å². The highest BCUT2D eigenvalue weighted by atomic mass is 19.1. The summed E-state index contributed by atoms with van der Waals surface area (Å²) in [5.41, 5.74) is 1.02. The molecular formula is C22H30FN5O. The van der Waals surface area contributed by atoms with E-state index in [1.165, 1.54) is 12.1 Å². The van der Waals surface area contributed by atoms with Gasteiger partial charge in [0.2, 0.25) is 5.88 Å². The van der Waals surface area contributed by atoms with Crippen LogP contribution < -0.4 is 15.4 Å². The number of hydrogen-bond acceptors (Lipinski definition) is 4. The first-order valence-electron chi connectivity index (χ1n) is 10.0. The molecule has 0 amide bonds. The Morgan fingerprint density at radius 3 is 2.69 bits per heavy atom. The molecule has 1 saturated heterocycles. The Balaban J connectivity index is 1.55. The molecule has 2 atom stereocenters. The van der Waals surface area contributed by atoms with E-state index in [2.05, 4.69) is 46.3 Å². The predicted molar refractivity (Wildman–Crippen MR) is 114 cm³/mol. The first kappa shape index (κ1) is 21.0. The number of benzene rings is 1. The van der Waals surface area contributed by atoms with Crippen LogP contribution in [0.1, 0.15) is 26.3 Å². The highest BCUT2D eigenvalue weighted by Crippen LogP contribution is 2.21. The molecular weight excluding hydrogens is 369 g/mol. The van der Waals surface area contributed by atoms with Crippen molar-refractivity contribution in [3.8, 4) is 11.6 Å². The van der Waals surface area contributed by atoms with Gasteiger partial charge in [-0.1, -0.05) is 6.92 Å². The van der Waals surface area contributed by atoms with E-state index in [-0.39, 0.29) is 5.82 Å². The van der Waals surface area contributed by atoms with E-state index in [0.717, 1.165) is 24.6 Å². The fraction of sp³-hybridized carbons (Fsp3) is 0.455. The highest BCUT2D eigenvalue weighted by Gasteiger charge is 2.31. The highest BCUT2D eigenvalue weighted by molar-refractivity contribution is 5.80. The SMILES string of the molecule is CN=C(NCc1ccnc(Oc2ccc(F)cc2)c1)NC1CN(C(C)C)CC1C. The van der Waals surface area contributed by atoms with Gasteiger partial charge in [-0.25, -0.2) is 9.37 Å². The van der Waals surface area contributed by atoms with E-state index >= 15 is 0 Å². The van der Waals surface area contributed by atoms with E-state index in [9.17, 15) is 4.39 Å². The maximum absolute atomic E-state index is 13.0. The summed E-state index contributed by atoms with van der Waals surface area (Å²) in [6.07, 6.45) is 1.70. The van der Waals surface area contributed by atoms with Crippen LogP contribution in [0.25, 0.3) is 0 Å². The molecule has 2 N–H and O–H groups in total. The number of nitrogens with zero attached hydrogens (tertiary/aromatic N) is 3. The fourth-order valence-electron chi connectivity index (χ4n) is 3.41. The van der Waals surface area contributed by atoms with Crippen molar-refractivity contribution in [1.29, 1.82) is 0 Å². The zero-order valence-electron chi connectivity index (χ0n) is 17.5. The number of nitrogens with one attached hydrogen (secondary N) is 2. The van der Waals surface area contributed by atoms with Crippen LogP contribution in [-0.2, 0) is 6.54 Å². The average molecular weight is 400 g/mol. The number of guanidine groups is 1. The van der Waals surface area contributed by atoms with Gasteiger partial charge >= 0.3 is 0 Å². The van der Waals surface area contributed by atoms with Crippen LogP contribution in [0.2, 0.25) is 0 Å². The van der Waals surface area contributed by atoms with Gasteiger partial charge in [-0.05, 0) is 55.7 Å². The van der Waals surface area contributed by atoms with Crippen LogP contribution in [0.5, 0.6) is 11.6 Å². The number of rotatable bonds is 6. The van der Waals surface area contributed by atoms with E-state index < -0.39 is 0 Å². The van der Waals surface area contributed by atoms with Gasteiger partial charge < -0.3 is 15.4 Å². The number of aromatic nitrogens is 1. The smallest absolute Gasteiger partial charge is 0.219 e. The summed E-state index contributed by atoms with van der Waals surface area (Å²) >= 11 is 0. The Morgan fingerprint density at radius 1 is 1.28 bits per heavy atom. The molecule has 1 aliphatic rings. The Kier molecular flexibility index (Phi) is 7.04. The molecule has 6 nitrogen and oxygen atoms in total. The maximum atomic E-state index is 13.0. The third kappa shape index (κ3) is 5.90. The minimum absolute atomic E-state index is 0.296. The van der Waals surface area contributed by atoms with Crippen molar-refractivity contribution >= 4 is 5.96 Å². The lowest BCUT2D eigenvalue weighted by molar-refractivity contribution is 0.265. The Morgan fingerprint density at radius 2 is 2.03 bits per heavy atom. The summed E-state index contributed by atoms with van der Waals surface area (Å²) in [6.45, 7) is 9.45. The molecule has 29 heavy (non-hydrogen) atoms. The van der Waals surface area contributed by atoms with Gasteiger partial charge in [0.25, 0.3) is 0 Å². The molecule has 0 saturated carbocycles. The molecule has 1 aromatic carbocycles. The van der Waals surface area contributed by atoms with Crippen molar-refractivity contribution in [2.75, 3.05) is 20.1 Å². The molecule has 0 spiro atoms. The van der Waals surface area contributed by atoms with Gasteiger partial charge in [0, 0.05) is 51.0 Å². The third-order valence-corrected chi connectivity index (χ3v) is 5.21. The maximum Gasteiger partial charge on any atom is 0.219 e. The largest absolute Gasteiger partial charge is 0.439 e. The second-order valence-electron chi connectivity index (χ2n) is 7.76. The summed E-state index contributed by atoms with van der Waals surface area (Å²) in [6, 6.07) is 10.6. The molecule has 0 bridgehead atoms. The van der Waals surface area contributed by atoms with Gasteiger partial charge in [-0.3, -0.25) is 9.89 Å². The summed E-state index contributed by atoms with van der Waals surface area (Å²) in [7, 11) is 1.78. The van der Waals surface area contributed by atoms with Gasteiger partial charge in [0.15, 0.2) is 5.96 Å². The number of ether oxygens (including phenoxy) is 1. The lowest BCUT2D eigenvalue weighted by Crippen LogP contribution is -2.46. The van der Waals surface area contributed by atoms with Crippen LogP contribution in [0, 0.1) is 11.7 Å². The topological polar surface area (TPSA) is 61.8 Å². The number of halogens is 1. The van der Waals surface area contributed by atoms with Crippen molar-refractivity contribution in [2.24, 2.45) is 10.9 Å². The molecule has 156 valence electrons. The van der Waals surface area contributed by atoms with Crippen LogP contribution in [0.3, 0.4) is 0 Å². The van der Waals surface area contributed by atoms with Crippen molar-refractivity contribution in [3.63, 3.8) is 0 Å². The molecule has 7 heteroatoms. The standard InChI is InChI=1S/C22H30FN5O/c1-15(2)28-13-16(3)20(14-28)27-22(24-4)26-12-17-9-10-25-21(11-17)29-19-7-5-18(23)6-8-19/h5-11,15-16,20H,12-14H2,1-4H3,(H2,24,26,27). The molecule has 1 fully saturated rings. The van der Waals surface area contributed by atoms with Crippen molar-refractivity contribution in [1.82, 2.24) is 20.5 Å². The van der Waals surface area contributed by atoms with Crippen LogP contribution in [0.4, 0.5) is 4.39 Å². The van der Waals surface area contributed by atoms with Gasteiger partial charge in [0.05, 0.1) is 0 Å². The van der Waals surface area contributed by atoms with Crippen molar-refractivity contribution in [3.05, 3.63) is 54.0 Å². The van der Waals surface area contributed by atoms with E-state index in [4.69, 9.17) is 4.74 Å². The molecule has 1 aromatic heterocycles. The molecule has 2 aromatic rings. The first-order valence-corrected chi connectivity index (χ1v) is 10.0. The van der Waals surface area contributed by atoms with Gasteiger partial charge in [-0.2, -0.15) is 0 Å².